The first-order valence-electron chi connectivity index (χ1n) is 8.09. The lowest BCUT2D eigenvalue weighted by atomic mass is 9.94. The normalized spacial score (nSPS) is 27.9. The number of aliphatic hydroxyl groups is 1. The number of morpholine rings is 1. The summed E-state index contributed by atoms with van der Waals surface area (Å²) in [6.45, 7) is 1.50. The molecule has 1 N–H and O–H groups in total. The van der Waals surface area contributed by atoms with Crippen LogP contribution in [0.2, 0.25) is 5.02 Å². The summed E-state index contributed by atoms with van der Waals surface area (Å²) in [4.78, 5) is 14.4. The molecule has 5 nitrogen and oxygen atoms in total. The number of amides is 1. The summed E-state index contributed by atoms with van der Waals surface area (Å²) in [5.74, 6) is 0.519. The Labute approximate surface area is 141 Å². The van der Waals surface area contributed by atoms with Crippen LogP contribution in [0.15, 0.2) is 24.3 Å². The first kappa shape index (κ1) is 16.6. The van der Waals surface area contributed by atoms with Crippen molar-refractivity contribution >= 4 is 17.5 Å². The van der Waals surface area contributed by atoms with Gasteiger partial charge in [0.15, 0.2) is 6.61 Å². The summed E-state index contributed by atoms with van der Waals surface area (Å²) in [7, 11) is 0. The predicted molar refractivity (Wildman–Crippen MR) is 86.6 cm³/mol. The number of carbonyl (C=O) groups is 1. The van der Waals surface area contributed by atoms with Crippen LogP contribution in [0.5, 0.6) is 5.75 Å². The van der Waals surface area contributed by atoms with Crippen molar-refractivity contribution in [3.8, 4) is 5.75 Å². The lowest BCUT2D eigenvalue weighted by Crippen LogP contribution is -2.54. The highest BCUT2D eigenvalue weighted by Gasteiger charge is 2.39. The van der Waals surface area contributed by atoms with Crippen LogP contribution in [0, 0.1) is 5.92 Å². The van der Waals surface area contributed by atoms with Crippen LogP contribution in [0.4, 0.5) is 0 Å². The number of nitrogens with zero attached hydrogens (tertiary/aromatic N) is 1. The van der Waals surface area contributed by atoms with Gasteiger partial charge >= 0.3 is 0 Å². The van der Waals surface area contributed by atoms with Crippen LogP contribution in [-0.4, -0.2) is 54.4 Å². The van der Waals surface area contributed by atoms with Gasteiger partial charge in [-0.1, -0.05) is 30.2 Å². The van der Waals surface area contributed by atoms with Crippen molar-refractivity contribution in [2.24, 2.45) is 5.92 Å². The molecule has 3 rings (SSSR count). The highest BCUT2D eigenvalue weighted by molar-refractivity contribution is 6.32. The summed E-state index contributed by atoms with van der Waals surface area (Å²) in [5.41, 5.74) is 0. The maximum Gasteiger partial charge on any atom is 0.260 e. The third-order valence-corrected chi connectivity index (χ3v) is 5.01. The second-order valence-electron chi connectivity index (χ2n) is 6.11. The number of aliphatic hydroxyl groups excluding tert-OH is 1. The number of rotatable bonds is 4. The van der Waals surface area contributed by atoms with E-state index < -0.39 is 0 Å². The zero-order valence-electron chi connectivity index (χ0n) is 13.0. The van der Waals surface area contributed by atoms with Gasteiger partial charge < -0.3 is 19.5 Å². The molecule has 3 atom stereocenters. The third kappa shape index (κ3) is 3.79. The lowest BCUT2D eigenvalue weighted by molar-refractivity contribution is -0.146. The van der Waals surface area contributed by atoms with Gasteiger partial charge in [-0.3, -0.25) is 4.79 Å². The molecule has 6 heteroatoms. The molecule has 2 fully saturated rings. The van der Waals surface area contributed by atoms with E-state index in [-0.39, 0.29) is 30.6 Å². The topological polar surface area (TPSA) is 59.0 Å². The molecule has 1 saturated heterocycles. The lowest BCUT2D eigenvalue weighted by Gasteiger charge is -2.40. The van der Waals surface area contributed by atoms with Crippen LogP contribution in [0.1, 0.15) is 19.3 Å². The fraction of sp³-hybridized carbons (Fsp3) is 0.588. The number of ether oxygens (including phenoxy) is 2. The predicted octanol–water partition coefficient (Wildman–Crippen LogP) is 2.11. The Bertz CT molecular complexity index is 553. The van der Waals surface area contributed by atoms with E-state index in [0.717, 1.165) is 19.3 Å². The van der Waals surface area contributed by atoms with Crippen LogP contribution >= 0.6 is 11.6 Å². The van der Waals surface area contributed by atoms with Gasteiger partial charge in [0.25, 0.3) is 5.91 Å². The molecule has 23 heavy (non-hydrogen) atoms. The van der Waals surface area contributed by atoms with Gasteiger partial charge in [0.2, 0.25) is 0 Å². The summed E-state index contributed by atoms with van der Waals surface area (Å²) in [5, 5.41) is 10.6. The molecule has 0 radical (unpaired) electrons. The maximum absolute atomic E-state index is 12.6. The molecule has 126 valence electrons. The van der Waals surface area contributed by atoms with Gasteiger partial charge in [0, 0.05) is 12.5 Å². The Balaban J connectivity index is 1.63. The first-order chi connectivity index (χ1) is 11.2. The van der Waals surface area contributed by atoms with Crippen molar-refractivity contribution in [3.63, 3.8) is 0 Å². The van der Waals surface area contributed by atoms with E-state index in [1.807, 2.05) is 12.1 Å². The van der Waals surface area contributed by atoms with Crippen molar-refractivity contribution in [2.75, 3.05) is 26.4 Å². The van der Waals surface area contributed by atoms with E-state index in [1.54, 1.807) is 17.0 Å². The molecule has 0 spiro atoms. The second-order valence-corrected chi connectivity index (χ2v) is 6.52. The molecule has 1 aromatic carbocycles. The minimum atomic E-state index is -0.346. The largest absolute Gasteiger partial charge is 0.482 e. The van der Waals surface area contributed by atoms with Gasteiger partial charge in [-0.05, 0) is 25.0 Å². The van der Waals surface area contributed by atoms with Gasteiger partial charge in [-0.25, -0.2) is 0 Å². The zero-order chi connectivity index (χ0) is 16.2. The number of benzene rings is 1. The Kier molecular flexibility index (Phi) is 5.41. The molecule has 1 aromatic rings. The van der Waals surface area contributed by atoms with Gasteiger partial charge in [-0.15, -0.1) is 0 Å². The SMILES string of the molecule is O=C(COc1ccccc1Cl)N1CCOCC1C1CCCC1O. The summed E-state index contributed by atoms with van der Waals surface area (Å²) in [6.07, 6.45) is 2.39. The number of hydrogen-bond acceptors (Lipinski definition) is 4. The maximum atomic E-state index is 12.6. The van der Waals surface area contributed by atoms with E-state index in [1.165, 1.54) is 0 Å². The standard InChI is InChI=1S/C17H22ClNO4/c18-13-5-1-2-7-16(13)23-11-17(21)19-8-9-22-10-14(19)12-4-3-6-15(12)20/h1-2,5,7,12,14-15,20H,3-4,6,8-11H2. The van der Waals surface area contributed by atoms with Crippen molar-refractivity contribution in [3.05, 3.63) is 29.3 Å². The smallest absolute Gasteiger partial charge is 0.260 e. The van der Waals surface area contributed by atoms with Crippen LogP contribution in [0.25, 0.3) is 0 Å². The fourth-order valence-electron chi connectivity index (χ4n) is 3.49. The molecule has 1 aliphatic carbocycles. The monoisotopic (exact) mass is 339 g/mol. The van der Waals surface area contributed by atoms with Crippen molar-refractivity contribution < 1.29 is 19.4 Å². The summed E-state index contributed by atoms with van der Waals surface area (Å²) in [6, 6.07) is 7.04. The average molecular weight is 340 g/mol. The Morgan fingerprint density at radius 2 is 2.22 bits per heavy atom. The van der Waals surface area contributed by atoms with E-state index in [0.29, 0.717) is 30.5 Å². The molecular weight excluding hydrogens is 318 g/mol. The van der Waals surface area contributed by atoms with Crippen molar-refractivity contribution in [1.29, 1.82) is 0 Å². The molecular formula is C17H22ClNO4. The number of para-hydroxylation sites is 1. The molecule has 1 aliphatic heterocycles. The average Bonchev–Trinajstić information content (AvgIpc) is 3.00. The minimum absolute atomic E-state index is 0.0525. The van der Waals surface area contributed by atoms with Gasteiger partial charge in [0.1, 0.15) is 5.75 Å². The molecule has 1 saturated carbocycles. The van der Waals surface area contributed by atoms with Crippen molar-refractivity contribution in [2.45, 2.75) is 31.4 Å². The molecule has 0 bridgehead atoms. The third-order valence-electron chi connectivity index (χ3n) is 4.70. The van der Waals surface area contributed by atoms with E-state index in [4.69, 9.17) is 21.1 Å². The Morgan fingerprint density at radius 3 is 2.96 bits per heavy atom. The molecule has 0 aromatic heterocycles. The highest BCUT2D eigenvalue weighted by Crippen LogP contribution is 2.32. The molecule has 3 unspecified atom stereocenters. The number of carbonyl (C=O) groups excluding carboxylic acids is 1. The second kappa shape index (κ2) is 7.51. The quantitative estimate of drug-likeness (QED) is 0.912. The molecule has 1 heterocycles. The van der Waals surface area contributed by atoms with Crippen molar-refractivity contribution in [1.82, 2.24) is 4.90 Å². The highest BCUT2D eigenvalue weighted by atomic mass is 35.5. The molecule has 1 amide bonds. The summed E-state index contributed by atoms with van der Waals surface area (Å²) < 4.78 is 11.1. The van der Waals surface area contributed by atoms with E-state index >= 15 is 0 Å². The van der Waals surface area contributed by atoms with Crippen LogP contribution < -0.4 is 4.74 Å². The van der Waals surface area contributed by atoms with Crippen LogP contribution in [-0.2, 0) is 9.53 Å². The number of halogens is 1. The molecule has 2 aliphatic rings. The Morgan fingerprint density at radius 1 is 1.39 bits per heavy atom. The van der Waals surface area contributed by atoms with E-state index in [9.17, 15) is 9.90 Å². The minimum Gasteiger partial charge on any atom is -0.482 e. The Hall–Kier alpha value is -1.30. The van der Waals surface area contributed by atoms with Crippen LogP contribution in [0.3, 0.4) is 0 Å². The zero-order valence-corrected chi connectivity index (χ0v) is 13.7. The van der Waals surface area contributed by atoms with Gasteiger partial charge in [0.05, 0.1) is 30.4 Å². The van der Waals surface area contributed by atoms with Gasteiger partial charge in [-0.2, -0.15) is 0 Å². The first-order valence-corrected chi connectivity index (χ1v) is 8.47. The van der Waals surface area contributed by atoms with E-state index in [2.05, 4.69) is 0 Å². The fourth-order valence-corrected chi connectivity index (χ4v) is 3.68. The number of hydrogen-bond donors (Lipinski definition) is 1. The summed E-state index contributed by atoms with van der Waals surface area (Å²) >= 11 is 6.04.